The van der Waals surface area contributed by atoms with E-state index in [-0.39, 0.29) is 17.9 Å². The van der Waals surface area contributed by atoms with Crippen LogP contribution in [0.3, 0.4) is 0 Å². The topological polar surface area (TPSA) is 67.9 Å². The summed E-state index contributed by atoms with van der Waals surface area (Å²) in [6, 6.07) is 5.77. The molecule has 1 aromatic carbocycles. The number of methoxy groups -OCH3 is 2. The lowest BCUT2D eigenvalue weighted by atomic mass is 9.93. The first-order valence-electron chi connectivity index (χ1n) is 10.8. The van der Waals surface area contributed by atoms with Crippen molar-refractivity contribution >= 4 is 11.8 Å². The van der Waals surface area contributed by atoms with E-state index in [1.807, 2.05) is 25.1 Å². The number of carbonyl (C=O) groups excluding carboxylic acids is 2. The van der Waals surface area contributed by atoms with Gasteiger partial charge in [0, 0.05) is 24.1 Å². The van der Waals surface area contributed by atoms with Crippen LogP contribution in [0.2, 0.25) is 0 Å². The minimum atomic E-state index is -0.829. The Morgan fingerprint density at radius 1 is 1.14 bits per heavy atom. The number of likely N-dealkylation sites (tertiary alicyclic amines) is 1. The molecule has 0 aromatic heterocycles. The van der Waals surface area contributed by atoms with Gasteiger partial charge in [0.15, 0.2) is 0 Å². The minimum absolute atomic E-state index is 0.0122. The molecule has 1 atom stereocenters. The Kier molecular flexibility index (Phi) is 7.04. The van der Waals surface area contributed by atoms with E-state index in [1.165, 1.54) is 19.3 Å². The zero-order valence-corrected chi connectivity index (χ0v) is 18.0. The van der Waals surface area contributed by atoms with Gasteiger partial charge < -0.3 is 19.7 Å². The van der Waals surface area contributed by atoms with E-state index in [0.717, 1.165) is 31.2 Å². The van der Waals surface area contributed by atoms with Gasteiger partial charge in [-0.05, 0) is 38.3 Å². The first kappa shape index (κ1) is 21.5. The number of nitrogens with zero attached hydrogens (tertiary/aromatic N) is 1. The lowest BCUT2D eigenvalue weighted by Crippen LogP contribution is -2.56. The second kappa shape index (κ2) is 9.51. The molecule has 1 saturated heterocycles. The molecule has 1 saturated carbocycles. The predicted octanol–water partition coefficient (Wildman–Crippen LogP) is 3.81. The Morgan fingerprint density at radius 2 is 1.83 bits per heavy atom. The van der Waals surface area contributed by atoms with Crippen molar-refractivity contribution in [2.75, 3.05) is 14.2 Å². The molecule has 1 aliphatic carbocycles. The highest BCUT2D eigenvalue weighted by Gasteiger charge is 2.47. The van der Waals surface area contributed by atoms with Crippen LogP contribution in [-0.2, 0) is 16.1 Å². The van der Waals surface area contributed by atoms with Crippen molar-refractivity contribution < 1.29 is 19.1 Å². The Bertz CT molecular complexity index is 728. The van der Waals surface area contributed by atoms with Gasteiger partial charge in [0.2, 0.25) is 11.8 Å². The summed E-state index contributed by atoms with van der Waals surface area (Å²) in [4.78, 5) is 27.7. The molecule has 0 unspecified atom stereocenters. The molecule has 29 heavy (non-hydrogen) atoms. The molecule has 1 aromatic rings. The number of ether oxygens (including phenoxy) is 2. The third-order valence-corrected chi connectivity index (χ3v) is 6.47. The largest absolute Gasteiger partial charge is 0.497 e. The number of amides is 2. The molecule has 1 aliphatic heterocycles. The molecular formula is C23H34N2O4. The van der Waals surface area contributed by atoms with Crippen molar-refractivity contribution in [2.45, 2.75) is 82.8 Å². The van der Waals surface area contributed by atoms with Gasteiger partial charge in [0.1, 0.15) is 17.0 Å². The zero-order valence-electron chi connectivity index (χ0n) is 18.0. The molecule has 1 N–H and O–H groups in total. The number of hydrogen-bond donors (Lipinski definition) is 1. The van der Waals surface area contributed by atoms with Gasteiger partial charge in [-0.3, -0.25) is 9.59 Å². The van der Waals surface area contributed by atoms with Crippen molar-refractivity contribution in [3.63, 3.8) is 0 Å². The van der Waals surface area contributed by atoms with Gasteiger partial charge in [-0.25, -0.2) is 0 Å². The second-order valence-electron chi connectivity index (χ2n) is 8.45. The predicted molar refractivity (Wildman–Crippen MR) is 112 cm³/mol. The average Bonchev–Trinajstić information content (AvgIpc) is 2.99. The van der Waals surface area contributed by atoms with E-state index < -0.39 is 5.54 Å². The van der Waals surface area contributed by atoms with Crippen LogP contribution < -0.4 is 14.8 Å². The van der Waals surface area contributed by atoms with Crippen LogP contribution >= 0.6 is 0 Å². The molecule has 0 spiro atoms. The maximum absolute atomic E-state index is 13.3. The van der Waals surface area contributed by atoms with Crippen LogP contribution in [0.25, 0.3) is 0 Å². The summed E-state index contributed by atoms with van der Waals surface area (Å²) in [5.74, 6) is 1.34. The lowest BCUT2D eigenvalue weighted by Gasteiger charge is -2.36. The third-order valence-electron chi connectivity index (χ3n) is 6.47. The Morgan fingerprint density at radius 3 is 2.48 bits per heavy atom. The zero-order chi connectivity index (χ0) is 20.9. The highest BCUT2D eigenvalue weighted by molar-refractivity contribution is 5.94. The molecule has 2 amide bonds. The van der Waals surface area contributed by atoms with E-state index in [4.69, 9.17) is 9.47 Å². The second-order valence-corrected chi connectivity index (χ2v) is 8.45. The van der Waals surface area contributed by atoms with Gasteiger partial charge in [0.05, 0.1) is 20.8 Å². The quantitative estimate of drug-likeness (QED) is 0.786. The first-order chi connectivity index (χ1) is 14.0. The summed E-state index contributed by atoms with van der Waals surface area (Å²) in [5.41, 5.74) is 0.0400. The van der Waals surface area contributed by atoms with Crippen molar-refractivity contribution in [2.24, 2.45) is 0 Å². The summed E-state index contributed by atoms with van der Waals surface area (Å²) < 4.78 is 10.8. The molecule has 2 fully saturated rings. The third kappa shape index (κ3) is 4.85. The van der Waals surface area contributed by atoms with Crippen molar-refractivity contribution in [3.05, 3.63) is 23.8 Å². The van der Waals surface area contributed by atoms with Gasteiger partial charge in [-0.1, -0.05) is 32.1 Å². The van der Waals surface area contributed by atoms with E-state index in [2.05, 4.69) is 5.32 Å². The summed E-state index contributed by atoms with van der Waals surface area (Å²) in [6.45, 7) is 2.24. The average molecular weight is 403 g/mol. The number of benzene rings is 1. The van der Waals surface area contributed by atoms with Crippen LogP contribution in [0, 0.1) is 0 Å². The number of rotatable bonds is 6. The fourth-order valence-corrected chi connectivity index (χ4v) is 4.49. The van der Waals surface area contributed by atoms with Crippen LogP contribution in [0.15, 0.2) is 18.2 Å². The summed E-state index contributed by atoms with van der Waals surface area (Å²) >= 11 is 0. The number of hydrogen-bond acceptors (Lipinski definition) is 4. The molecule has 0 radical (unpaired) electrons. The number of nitrogens with one attached hydrogen (secondary N) is 1. The summed E-state index contributed by atoms with van der Waals surface area (Å²) in [6.07, 6.45) is 9.10. The van der Waals surface area contributed by atoms with Crippen LogP contribution in [0.4, 0.5) is 0 Å². The lowest BCUT2D eigenvalue weighted by molar-refractivity contribution is -0.141. The van der Waals surface area contributed by atoms with Crippen molar-refractivity contribution in [1.29, 1.82) is 0 Å². The Hall–Kier alpha value is -2.24. The SMILES string of the molecule is COc1ccc(CN2C(=O)CC[C@@]2(C)C(=O)NC2CCCCCCC2)c(OC)c1. The normalized spacial score (nSPS) is 23.4. The van der Waals surface area contributed by atoms with E-state index in [0.29, 0.717) is 30.9 Å². The molecule has 3 rings (SSSR count). The Labute approximate surface area is 173 Å². The first-order valence-corrected chi connectivity index (χ1v) is 10.8. The van der Waals surface area contributed by atoms with E-state index in [9.17, 15) is 9.59 Å². The van der Waals surface area contributed by atoms with E-state index >= 15 is 0 Å². The van der Waals surface area contributed by atoms with Crippen molar-refractivity contribution in [1.82, 2.24) is 10.2 Å². The monoisotopic (exact) mass is 402 g/mol. The van der Waals surface area contributed by atoms with E-state index in [1.54, 1.807) is 19.1 Å². The van der Waals surface area contributed by atoms with Crippen LogP contribution in [0.1, 0.15) is 70.3 Å². The fraction of sp³-hybridized carbons (Fsp3) is 0.652. The molecular weight excluding hydrogens is 368 g/mol. The van der Waals surface area contributed by atoms with Gasteiger partial charge in [0.25, 0.3) is 0 Å². The molecule has 160 valence electrons. The maximum atomic E-state index is 13.3. The highest BCUT2D eigenvalue weighted by Crippen LogP contribution is 2.35. The Balaban J connectivity index is 1.75. The van der Waals surface area contributed by atoms with Crippen LogP contribution in [-0.4, -0.2) is 42.5 Å². The summed E-state index contributed by atoms with van der Waals surface area (Å²) in [7, 11) is 3.21. The standard InChI is InChI=1S/C23H34N2O4/c1-23(22(27)24-18-9-7-5-4-6-8-10-18)14-13-21(26)25(23)16-17-11-12-19(28-2)15-20(17)29-3/h11-12,15,18H,4-10,13-14,16H2,1-3H3,(H,24,27)/t23-/m0/s1. The summed E-state index contributed by atoms with van der Waals surface area (Å²) in [5, 5.41) is 3.27. The molecule has 6 nitrogen and oxygen atoms in total. The van der Waals surface area contributed by atoms with Crippen molar-refractivity contribution in [3.8, 4) is 11.5 Å². The smallest absolute Gasteiger partial charge is 0.245 e. The van der Waals surface area contributed by atoms with Crippen LogP contribution in [0.5, 0.6) is 11.5 Å². The maximum Gasteiger partial charge on any atom is 0.245 e. The molecule has 6 heteroatoms. The minimum Gasteiger partial charge on any atom is -0.497 e. The fourth-order valence-electron chi connectivity index (χ4n) is 4.49. The van der Waals surface area contributed by atoms with Gasteiger partial charge in [-0.15, -0.1) is 0 Å². The molecule has 0 bridgehead atoms. The number of carbonyl (C=O) groups is 2. The molecule has 1 heterocycles. The molecule has 2 aliphatic rings. The van der Waals surface area contributed by atoms with Gasteiger partial charge >= 0.3 is 0 Å². The highest BCUT2D eigenvalue weighted by atomic mass is 16.5. The van der Waals surface area contributed by atoms with Gasteiger partial charge in [-0.2, -0.15) is 0 Å².